The fourth-order valence-corrected chi connectivity index (χ4v) is 7.67. The van der Waals surface area contributed by atoms with Crippen molar-refractivity contribution in [2.24, 2.45) is 0 Å². The van der Waals surface area contributed by atoms with Crippen molar-refractivity contribution < 1.29 is 167 Å². The van der Waals surface area contributed by atoms with Gasteiger partial charge in [-0.1, -0.05) is 0 Å². The van der Waals surface area contributed by atoms with Crippen LogP contribution in [-0.2, 0) is 74.9 Å². The minimum Gasteiger partial charge on any atom is -0.830 e. The van der Waals surface area contributed by atoms with Crippen LogP contribution in [0, 0.1) is 0 Å². The van der Waals surface area contributed by atoms with Crippen molar-refractivity contribution in [3.63, 3.8) is 0 Å². The van der Waals surface area contributed by atoms with Gasteiger partial charge >= 0.3 is 65.4 Å². The number of aliphatic hydroxyl groups is 11. The summed E-state index contributed by atoms with van der Waals surface area (Å²) in [7, 11) is 0. The molecule has 0 aromatic heterocycles. The summed E-state index contributed by atoms with van der Waals surface area (Å²) >= 11 is 0. The maximum Gasteiger partial charge on any atom is 3.00 e. The van der Waals surface area contributed by atoms with Crippen LogP contribution in [0.4, 0.5) is 0 Å². The molecule has 0 aromatic rings. The van der Waals surface area contributed by atoms with Gasteiger partial charge in [0.15, 0.2) is 6.29 Å². The molecule has 3 fully saturated rings. The van der Waals surface area contributed by atoms with E-state index >= 15 is 0 Å². The van der Waals surface area contributed by atoms with Gasteiger partial charge in [0.25, 0.3) is 0 Å². The predicted molar refractivity (Wildman–Crippen MR) is 218 cm³/mol. The molecule has 3 saturated heterocycles. The number of β-amino-alcohol motifs (C(OH)–C–C–N with tert-alkyl or cyclic N) is 7. The Labute approximate surface area is 448 Å². The predicted octanol–water partition coefficient (Wildman–Crippen LogP) is -16.5. The van der Waals surface area contributed by atoms with E-state index in [0.717, 1.165) is 0 Å². The molecule has 0 aromatic carbocycles. The van der Waals surface area contributed by atoms with Crippen molar-refractivity contribution in [2.75, 3.05) is 177 Å². The van der Waals surface area contributed by atoms with E-state index in [4.69, 9.17) is 9.47 Å². The van der Waals surface area contributed by atoms with Gasteiger partial charge in [0, 0.05) is 157 Å². The monoisotopic (exact) mass is 1140 g/mol. The summed E-state index contributed by atoms with van der Waals surface area (Å²) in [6.45, 7) is 6.32. The second-order valence-corrected chi connectivity index (χ2v) is 16.5. The van der Waals surface area contributed by atoms with Gasteiger partial charge in [0.05, 0.1) is 19.8 Å². The van der Waals surface area contributed by atoms with Crippen LogP contribution in [0.15, 0.2) is 0 Å². The van der Waals surface area contributed by atoms with Gasteiger partial charge < -0.3 is 102 Å². The van der Waals surface area contributed by atoms with Crippen molar-refractivity contribution in [2.45, 2.75) is 68.4 Å². The zero-order chi connectivity index (χ0) is 48.5. The molecule has 8 unspecified atom stereocenters. The maximum atomic E-state index is 11.5. The van der Waals surface area contributed by atoms with Crippen LogP contribution >= 0.6 is 0 Å². The van der Waals surface area contributed by atoms with Gasteiger partial charge in [-0.3, -0.25) is 39.2 Å². The van der Waals surface area contributed by atoms with E-state index in [-0.39, 0.29) is 123 Å². The summed E-state index contributed by atoms with van der Waals surface area (Å²) in [4.78, 5) is 14.5. The second-order valence-electron chi connectivity index (χ2n) is 16.5. The van der Waals surface area contributed by atoms with E-state index in [9.17, 15) is 86.8 Å². The molecule has 3 heterocycles. The Kier molecular flexibility index (Phi) is 42.3. The van der Waals surface area contributed by atoms with Gasteiger partial charge in [-0.2, -0.15) is 0 Å². The molecule has 68 heavy (non-hydrogen) atoms. The van der Waals surface area contributed by atoms with E-state index in [1.807, 2.05) is 9.80 Å². The topological polar surface area (TPSA) is 437 Å². The fraction of sp³-hybridized carbons (Fsp3) is 1.00. The minimum absolute atomic E-state index is 0. The molecule has 3 aliphatic heterocycles. The molecule has 0 radical (unpaired) electrons. The zero-order valence-electron chi connectivity index (χ0n) is 38.9. The number of ether oxygens (including phenoxy) is 2. The molecule has 30 heteroatoms. The summed E-state index contributed by atoms with van der Waals surface area (Å²) in [5.74, 6) is 0. The van der Waals surface area contributed by atoms with Crippen molar-refractivity contribution in [3.8, 4) is 0 Å². The average Bonchev–Trinajstić information content (AvgIpc) is 3.21. The molecule has 11 atom stereocenters. The third-order valence-corrected chi connectivity index (χ3v) is 11.3. The van der Waals surface area contributed by atoms with E-state index in [2.05, 4.69) is 0 Å². The number of hydrogen-bond acceptors (Lipinski definition) is 27. The Hall–Kier alpha value is 1.09. The molecule has 28 nitrogen and oxygen atoms in total. The first-order valence-corrected chi connectivity index (χ1v) is 22.1. The third-order valence-electron chi connectivity index (χ3n) is 11.3. The zero-order valence-corrected chi connectivity index (χ0v) is 44.5. The first kappa shape index (κ1) is 71.2. The first-order valence-electron chi connectivity index (χ1n) is 22.1. The Morgan fingerprint density at radius 3 is 0.897 bits per heavy atom. The Morgan fingerprint density at radius 2 is 0.662 bits per heavy atom. The van der Waals surface area contributed by atoms with Crippen LogP contribution < -0.4 is 30.6 Å². The number of aliphatic hydroxyl groups excluding tert-OH is 11. The van der Waals surface area contributed by atoms with Crippen LogP contribution in [0.2, 0.25) is 0 Å². The average molecular weight is 1140 g/mol. The standard InChI is InChI=1S/C22H43N4O12.C16H33N4O7.H2O.2Y/c27-14-15-19(34)20(35)21(36)22(38-15)37-10-9-23-1-3-24(11-16(28)29)5-7-26(13-18(32)33)8-6-25(4-2-23)12-17(30)31;21-10-9-17-1-3-18(11-14(22)23)5-7-20(13-16(26)27)8-6-19(4-2-17)12-15(24)25;;;/h15-22,27-28,30,32,34-36H,1-14H2;14-16,21-22,24,26H,1-13H2;1H2;;/q2*-3;;2*+3/t15?,16?,17?,18?,19-,20-,21?,22+;;;;/m0..../s1. The summed E-state index contributed by atoms with van der Waals surface area (Å²) in [6, 6.07) is 0. The molecule has 13 N–H and O–H groups in total. The van der Waals surface area contributed by atoms with Crippen LogP contribution in [-0.4, -0.2) is 346 Å². The van der Waals surface area contributed by atoms with Gasteiger partial charge in [-0.05, 0) is 37.7 Å². The quantitative estimate of drug-likeness (QED) is 0.0535. The number of nitrogens with zero attached hydrogens (tertiary/aromatic N) is 8. The largest absolute Gasteiger partial charge is 3.00 e. The third kappa shape index (κ3) is 31.7. The normalized spacial score (nSPS) is 27.9. The van der Waals surface area contributed by atoms with Gasteiger partial charge in [0.2, 0.25) is 0 Å². The number of hydrogen-bond donors (Lipinski definition) is 11. The van der Waals surface area contributed by atoms with Crippen LogP contribution in [0.5, 0.6) is 0 Å². The molecule has 0 saturated carbocycles. The Balaban J connectivity index is 0. The van der Waals surface area contributed by atoms with Gasteiger partial charge in [-0.25, -0.2) is 0 Å². The summed E-state index contributed by atoms with van der Waals surface area (Å²) in [6.07, 6.45) is -17.6. The van der Waals surface area contributed by atoms with E-state index in [1.165, 1.54) is 0 Å². The summed E-state index contributed by atoms with van der Waals surface area (Å²) < 4.78 is 10.9. The SMILES string of the molecule is O.[O-]C(O)CN1CCN(CCO)CCN(CC([O-])O)CCN(CC([O-])O)CC1.[O-]C(O)CN1CCN(CCO[C@@H]2OC(CO)[C@H](O)[C@H](O)C2O)CCN(CC([O-])O)CCN(CC([O-])O)CC1.[Y+3].[Y+3]. The van der Waals surface area contributed by atoms with E-state index < -0.39 is 75.1 Å². The molecule has 396 valence electrons. The van der Waals surface area contributed by atoms with Crippen molar-refractivity contribution in [1.82, 2.24) is 39.2 Å². The molecule has 3 aliphatic rings. The molecule has 0 bridgehead atoms. The number of rotatable bonds is 19. The molecular formula is C38H78N8O20Y2. The van der Waals surface area contributed by atoms with Crippen molar-refractivity contribution in [1.29, 1.82) is 0 Å². The van der Waals surface area contributed by atoms with Crippen molar-refractivity contribution >= 4 is 0 Å². The minimum atomic E-state index is -1.82. The Bertz CT molecular complexity index is 1140. The molecule has 3 rings (SSSR count). The molecule has 0 amide bonds. The summed E-state index contributed by atoms with van der Waals surface area (Å²) in [5, 5.41) is 172. The van der Waals surface area contributed by atoms with Crippen LogP contribution in [0.25, 0.3) is 0 Å². The van der Waals surface area contributed by atoms with Crippen molar-refractivity contribution in [3.05, 3.63) is 0 Å². The van der Waals surface area contributed by atoms with E-state index in [1.54, 1.807) is 29.4 Å². The van der Waals surface area contributed by atoms with Gasteiger partial charge in [0.1, 0.15) is 24.4 Å². The Morgan fingerprint density at radius 1 is 0.412 bits per heavy atom. The molecular weight excluding hydrogens is 1070 g/mol. The fourth-order valence-electron chi connectivity index (χ4n) is 7.67. The van der Waals surface area contributed by atoms with Crippen LogP contribution in [0.3, 0.4) is 0 Å². The first-order chi connectivity index (χ1) is 30.8. The molecule has 0 aliphatic carbocycles. The van der Waals surface area contributed by atoms with Crippen LogP contribution in [0.1, 0.15) is 0 Å². The smallest absolute Gasteiger partial charge is 0.830 e. The van der Waals surface area contributed by atoms with E-state index in [0.29, 0.717) is 118 Å². The van der Waals surface area contributed by atoms with Gasteiger partial charge in [-0.15, -0.1) is 0 Å². The second kappa shape index (κ2) is 40.4. The molecule has 0 spiro atoms. The maximum absolute atomic E-state index is 11.5. The summed E-state index contributed by atoms with van der Waals surface area (Å²) in [5.41, 5.74) is 0.